The summed E-state index contributed by atoms with van der Waals surface area (Å²) in [7, 11) is 0. The normalized spacial score (nSPS) is 22.8. The van der Waals surface area contributed by atoms with Gasteiger partial charge in [0.25, 0.3) is 0 Å². The van der Waals surface area contributed by atoms with Crippen molar-refractivity contribution in [3.63, 3.8) is 0 Å². The molecule has 0 aromatic heterocycles. The highest BCUT2D eigenvalue weighted by molar-refractivity contribution is 6.31. The molecule has 7 heteroatoms. The minimum atomic E-state index is -0.844. The number of imide groups is 1. The second-order valence-corrected chi connectivity index (χ2v) is 5.44. The van der Waals surface area contributed by atoms with Crippen LogP contribution < -0.4 is 11.1 Å². The Kier molecular flexibility index (Phi) is 5.17. The zero-order chi connectivity index (χ0) is 15.4. The van der Waals surface area contributed by atoms with Gasteiger partial charge in [-0.15, -0.1) is 0 Å². The number of ether oxygens (including phenoxy) is 1. The summed E-state index contributed by atoms with van der Waals surface area (Å²) in [6, 6.07) is 6.70. The Balaban J connectivity index is 2.04. The van der Waals surface area contributed by atoms with Gasteiger partial charge in [-0.05, 0) is 13.0 Å². The van der Waals surface area contributed by atoms with Crippen molar-refractivity contribution in [2.45, 2.75) is 19.1 Å². The predicted molar refractivity (Wildman–Crippen MR) is 78.9 cm³/mol. The molecule has 6 nitrogen and oxygen atoms in total. The third kappa shape index (κ3) is 4.17. The summed E-state index contributed by atoms with van der Waals surface area (Å²) in [5, 5.41) is 2.71. The first kappa shape index (κ1) is 15.8. The van der Waals surface area contributed by atoms with Crippen LogP contribution in [0.4, 0.5) is 4.79 Å². The Bertz CT molecular complexity index is 538. The van der Waals surface area contributed by atoms with E-state index in [-0.39, 0.29) is 18.7 Å². The van der Waals surface area contributed by atoms with Crippen LogP contribution >= 0.6 is 11.6 Å². The molecule has 0 spiro atoms. The average Bonchev–Trinajstić information content (AvgIpc) is 2.41. The van der Waals surface area contributed by atoms with Gasteiger partial charge in [0.2, 0.25) is 5.91 Å². The molecule has 1 saturated heterocycles. The van der Waals surface area contributed by atoms with Crippen LogP contribution in [0.1, 0.15) is 18.6 Å². The highest BCUT2D eigenvalue weighted by Crippen LogP contribution is 2.29. The van der Waals surface area contributed by atoms with Crippen LogP contribution in [-0.2, 0) is 9.53 Å². The van der Waals surface area contributed by atoms with E-state index in [4.69, 9.17) is 22.1 Å². The molecule has 2 atom stereocenters. The molecule has 0 saturated carbocycles. The van der Waals surface area contributed by atoms with Gasteiger partial charge in [0.1, 0.15) is 0 Å². The number of amides is 3. The molecule has 0 radical (unpaired) electrons. The third-order valence-corrected chi connectivity index (χ3v) is 3.77. The van der Waals surface area contributed by atoms with E-state index in [0.717, 1.165) is 5.56 Å². The molecule has 0 aliphatic carbocycles. The van der Waals surface area contributed by atoms with Crippen molar-refractivity contribution >= 4 is 23.5 Å². The molecular weight excluding hydrogens is 294 g/mol. The van der Waals surface area contributed by atoms with E-state index in [9.17, 15) is 9.59 Å². The second kappa shape index (κ2) is 6.89. The lowest BCUT2D eigenvalue weighted by Gasteiger charge is -2.37. The number of rotatable bonds is 3. The summed E-state index contributed by atoms with van der Waals surface area (Å²) in [6.07, 6.45) is -0.198. The summed E-state index contributed by atoms with van der Waals surface area (Å²) in [4.78, 5) is 24.3. The molecule has 2 rings (SSSR count). The number of benzene rings is 1. The second-order valence-electron chi connectivity index (χ2n) is 5.03. The molecule has 3 amide bonds. The first-order valence-corrected chi connectivity index (χ1v) is 7.04. The van der Waals surface area contributed by atoms with Gasteiger partial charge >= 0.3 is 6.03 Å². The zero-order valence-electron chi connectivity index (χ0n) is 11.7. The number of urea groups is 1. The molecule has 3 N–H and O–H groups in total. The van der Waals surface area contributed by atoms with Crippen LogP contribution in [0.2, 0.25) is 5.02 Å². The summed E-state index contributed by atoms with van der Waals surface area (Å²) in [6.45, 7) is 3.06. The van der Waals surface area contributed by atoms with E-state index in [0.29, 0.717) is 18.2 Å². The Hall–Kier alpha value is -1.63. The maximum Gasteiger partial charge on any atom is 0.318 e. The fourth-order valence-electron chi connectivity index (χ4n) is 2.31. The van der Waals surface area contributed by atoms with E-state index in [1.165, 1.54) is 0 Å². The number of nitrogens with one attached hydrogen (secondary N) is 1. The number of carbonyl (C=O) groups is 2. The molecular formula is C14H18ClN3O3. The highest BCUT2D eigenvalue weighted by Gasteiger charge is 2.29. The van der Waals surface area contributed by atoms with Crippen molar-refractivity contribution in [1.29, 1.82) is 0 Å². The van der Waals surface area contributed by atoms with Crippen molar-refractivity contribution in [2.75, 3.05) is 19.7 Å². The molecule has 21 heavy (non-hydrogen) atoms. The van der Waals surface area contributed by atoms with Crippen molar-refractivity contribution in [1.82, 2.24) is 10.2 Å². The minimum absolute atomic E-state index is 0.0716. The first-order chi connectivity index (χ1) is 9.97. The molecule has 1 aromatic carbocycles. The number of primary amides is 1. The van der Waals surface area contributed by atoms with Crippen LogP contribution in [-0.4, -0.2) is 42.6 Å². The monoisotopic (exact) mass is 311 g/mol. The minimum Gasteiger partial charge on any atom is -0.371 e. The average molecular weight is 312 g/mol. The molecule has 1 aromatic rings. The van der Waals surface area contributed by atoms with Crippen LogP contribution in [0, 0.1) is 0 Å². The van der Waals surface area contributed by atoms with Crippen LogP contribution in [0.15, 0.2) is 24.3 Å². The van der Waals surface area contributed by atoms with Gasteiger partial charge in [-0.1, -0.05) is 29.8 Å². The first-order valence-electron chi connectivity index (χ1n) is 6.66. The SMILES string of the molecule is C[C@H]1CO[C@@H](c2ccccc2Cl)CN1CC(=O)NC(N)=O. The third-order valence-electron chi connectivity index (χ3n) is 3.42. The number of nitrogens with two attached hydrogens (primary N) is 1. The lowest BCUT2D eigenvalue weighted by molar-refractivity contribution is -0.125. The molecule has 1 aliphatic rings. The van der Waals surface area contributed by atoms with Gasteiger partial charge in [-0.2, -0.15) is 0 Å². The number of halogens is 1. The molecule has 1 heterocycles. The van der Waals surface area contributed by atoms with Crippen molar-refractivity contribution in [2.24, 2.45) is 5.73 Å². The topological polar surface area (TPSA) is 84.7 Å². The fourth-order valence-corrected chi connectivity index (χ4v) is 2.57. The van der Waals surface area contributed by atoms with Crippen LogP contribution in [0.5, 0.6) is 0 Å². The Morgan fingerprint density at radius 3 is 2.86 bits per heavy atom. The number of carbonyl (C=O) groups excluding carboxylic acids is 2. The van der Waals surface area contributed by atoms with Gasteiger partial charge in [-0.25, -0.2) is 4.79 Å². The van der Waals surface area contributed by atoms with E-state index >= 15 is 0 Å². The Labute approximate surface area is 128 Å². The quantitative estimate of drug-likeness (QED) is 0.881. The lowest BCUT2D eigenvalue weighted by Crippen LogP contribution is -2.50. The van der Waals surface area contributed by atoms with E-state index < -0.39 is 11.9 Å². The van der Waals surface area contributed by atoms with Crippen LogP contribution in [0.25, 0.3) is 0 Å². The highest BCUT2D eigenvalue weighted by atomic mass is 35.5. The lowest BCUT2D eigenvalue weighted by atomic mass is 10.1. The Morgan fingerprint density at radius 2 is 2.19 bits per heavy atom. The van der Waals surface area contributed by atoms with Gasteiger partial charge in [0.15, 0.2) is 0 Å². The largest absolute Gasteiger partial charge is 0.371 e. The van der Waals surface area contributed by atoms with Gasteiger partial charge in [0, 0.05) is 23.2 Å². The number of hydrogen-bond donors (Lipinski definition) is 2. The Morgan fingerprint density at radius 1 is 1.48 bits per heavy atom. The smallest absolute Gasteiger partial charge is 0.318 e. The molecule has 1 aliphatic heterocycles. The summed E-state index contributed by atoms with van der Waals surface area (Å²) in [5.74, 6) is -0.422. The summed E-state index contributed by atoms with van der Waals surface area (Å²) in [5.41, 5.74) is 5.83. The number of nitrogens with zero attached hydrogens (tertiary/aromatic N) is 1. The van der Waals surface area contributed by atoms with E-state index in [2.05, 4.69) is 5.32 Å². The molecule has 114 valence electrons. The van der Waals surface area contributed by atoms with Crippen molar-refractivity contribution < 1.29 is 14.3 Å². The van der Waals surface area contributed by atoms with Gasteiger partial charge < -0.3 is 10.5 Å². The summed E-state index contributed by atoms with van der Waals surface area (Å²) >= 11 is 6.18. The summed E-state index contributed by atoms with van der Waals surface area (Å²) < 4.78 is 5.80. The van der Waals surface area contributed by atoms with Gasteiger partial charge in [0.05, 0.1) is 19.3 Å². The van der Waals surface area contributed by atoms with E-state index in [1.54, 1.807) is 0 Å². The number of hydrogen-bond acceptors (Lipinski definition) is 4. The van der Waals surface area contributed by atoms with Gasteiger partial charge in [-0.3, -0.25) is 15.0 Å². The standard InChI is InChI=1S/C14H18ClN3O3/c1-9-8-21-12(10-4-2-3-5-11(10)15)6-18(9)7-13(19)17-14(16)20/h2-5,9,12H,6-8H2,1H3,(H3,16,17,19,20)/t9-,12+/m0/s1. The zero-order valence-corrected chi connectivity index (χ0v) is 12.5. The molecule has 0 bridgehead atoms. The maximum atomic E-state index is 11.7. The fraction of sp³-hybridized carbons (Fsp3) is 0.429. The number of morpholine rings is 1. The van der Waals surface area contributed by atoms with Crippen molar-refractivity contribution in [3.05, 3.63) is 34.9 Å². The molecule has 1 fully saturated rings. The van der Waals surface area contributed by atoms with E-state index in [1.807, 2.05) is 36.1 Å². The molecule has 0 unspecified atom stereocenters. The van der Waals surface area contributed by atoms with Crippen molar-refractivity contribution in [3.8, 4) is 0 Å². The maximum absolute atomic E-state index is 11.7. The predicted octanol–water partition coefficient (Wildman–Crippen LogP) is 1.30. The van der Waals surface area contributed by atoms with Crippen LogP contribution in [0.3, 0.4) is 0 Å².